The Hall–Kier alpha value is -2.81. The van der Waals surface area contributed by atoms with Gasteiger partial charge in [0.05, 0.1) is 6.61 Å². The lowest BCUT2D eigenvalue weighted by Crippen LogP contribution is -2.17. The summed E-state index contributed by atoms with van der Waals surface area (Å²) in [7, 11) is 3.84. The molecule has 1 aromatic carbocycles. The second kappa shape index (κ2) is 10.1. The van der Waals surface area contributed by atoms with E-state index in [2.05, 4.69) is 0 Å². The monoisotopic (exact) mass is 330 g/mol. The van der Waals surface area contributed by atoms with Crippen LogP contribution in [0.4, 0.5) is 5.69 Å². The van der Waals surface area contributed by atoms with Gasteiger partial charge in [0.25, 0.3) is 0 Å². The largest absolute Gasteiger partial charge is 0.463 e. The third kappa shape index (κ3) is 6.53. The highest BCUT2D eigenvalue weighted by Crippen LogP contribution is 2.15. The standard InChI is InChI=1S/C18H22N2O4/c1-4-5-10-23-17(21)13-24-18(22)15(12-19)11-14-6-8-16(9-7-14)20(2)3/h6-9,11H,4-5,10,13H2,1-3H3/b15-11-. The molecule has 0 radical (unpaired) electrons. The summed E-state index contributed by atoms with van der Waals surface area (Å²) in [6.45, 7) is 1.77. The van der Waals surface area contributed by atoms with E-state index in [1.54, 1.807) is 18.2 Å². The summed E-state index contributed by atoms with van der Waals surface area (Å²) in [6.07, 6.45) is 3.08. The predicted molar refractivity (Wildman–Crippen MR) is 91.2 cm³/mol. The van der Waals surface area contributed by atoms with Crippen molar-refractivity contribution in [3.8, 4) is 6.07 Å². The van der Waals surface area contributed by atoms with Gasteiger partial charge in [-0.25, -0.2) is 9.59 Å². The third-order valence-electron chi connectivity index (χ3n) is 3.14. The van der Waals surface area contributed by atoms with E-state index in [-0.39, 0.29) is 5.57 Å². The Kier molecular flexibility index (Phi) is 8.06. The fourth-order valence-corrected chi connectivity index (χ4v) is 1.75. The smallest absolute Gasteiger partial charge is 0.349 e. The van der Waals surface area contributed by atoms with Crippen LogP contribution >= 0.6 is 0 Å². The van der Waals surface area contributed by atoms with Crippen LogP contribution < -0.4 is 4.90 Å². The van der Waals surface area contributed by atoms with Gasteiger partial charge in [-0.15, -0.1) is 0 Å². The summed E-state index contributed by atoms with van der Waals surface area (Å²) in [5, 5.41) is 9.10. The van der Waals surface area contributed by atoms with Gasteiger partial charge in [0, 0.05) is 19.8 Å². The van der Waals surface area contributed by atoms with Gasteiger partial charge in [0.15, 0.2) is 6.61 Å². The van der Waals surface area contributed by atoms with E-state index >= 15 is 0 Å². The summed E-state index contributed by atoms with van der Waals surface area (Å²) in [5.41, 5.74) is 1.52. The zero-order chi connectivity index (χ0) is 17.9. The van der Waals surface area contributed by atoms with Crippen molar-refractivity contribution in [2.75, 3.05) is 32.2 Å². The van der Waals surface area contributed by atoms with Crippen LogP contribution in [0.5, 0.6) is 0 Å². The summed E-state index contributed by atoms with van der Waals surface area (Å²) in [4.78, 5) is 25.2. The molecule has 0 fully saturated rings. The predicted octanol–water partition coefficient (Wildman–Crippen LogP) is 2.55. The first-order valence-electron chi connectivity index (χ1n) is 7.69. The van der Waals surface area contributed by atoms with E-state index < -0.39 is 18.5 Å². The number of esters is 2. The minimum atomic E-state index is -0.846. The first-order chi connectivity index (χ1) is 11.5. The van der Waals surface area contributed by atoms with Crippen LogP contribution in [-0.4, -0.2) is 39.2 Å². The van der Waals surface area contributed by atoms with Gasteiger partial charge in [-0.05, 0) is 30.2 Å². The zero-order valence-electron chi connectivity index (χ0n) is 14.2. The Morgan fingerprint density at radius 2 is 1.88 bits per heavy atom. The number of rotatable bonds is 8. The molecule has 0 aliphatic heterocycles. The molecule has 0 aromatic heterocycles. The van der Waals surface area contributed by atoms with E-state index in [1.807, 2.05) is 38.1 Å². The van der Waals surface area contributed by atoms with Crippen LogP contribution in [0.25, 0.3) is 6.08 Å². The van der Waals surface area contributed by atoms with Gasteiger partial charge in [-0.1, -0.05) is 25.5 Å². The first kappa shape index (κ1) is 19.2. The fourth-order valence-electron chi connectivity index (χ4n) is 1.75. The SMILES string of the molecule is CCCCOC(=O)COC(=O)/C(C#N)=C\c1ccc(N(C)C)cc1. The number of benzene rings is 1. The second-order valence-corrected chi connectivity index (χ2v) is 5.31. The molecule has 1 aromatic rings. The molecule has 0 aliphatic carbocycles. The lowest BCUT2D eigenvalue weighted by Gasteiger charge is -2.11. The number of carbonyl (C=O) groups excluding carboxylic acids is 2. The third-order valence-corrected chi connectivity index (χ3v) is 3.14. The lowest BCUT2D eigenvalue weighted by atomic mass is 10.1. The molecule has 0 N–H and O–H groups in total. The van der Waals surface area contributed by atoms with Crippen molar-refractivity contribution >= 4 is 23.7 Å². The normalized spacial score (nSPS) is 10.7. The van der Waals surface area contributed by atoms with Crippen molar-refractivity contribution in [3.63, 3.8) is 0 Å². The zero-order valence-corrected chi connectivity index (χ0v) is 14.2. The maximum Gasteiger partial charge on any atom is 0.349 e. The highest BCUT2D eigenvalue weighted by molar-refractivity contribution is 5.98. The Bertz CT molecular complexity index is 627. The molecule has 6 heteroatoms. The van der Waals surface area contributed by atoms with Crippen molar-refractivity contribution in [2.45, 2.75) is 19.8 Å². The van der Waals surface area contributed by atoms with Crippen molar-refractivity contribution in [3.05, 3.63) is 35.4 Å². The average molecular weight is 330 g/mol. The lowest BCUT2D eigenvalue weighted by molar-refractivity contribution is -0.156. The van der Waals surface area contributed by atoms with Gasteiger partial charge in [0.2, 0.25) is 0 Å². The van der Waals surface area contributed by atoms with Gasteiger partial charge in [-0.3, -0.25) is 0 Å². The maximum atomic E-state index is 11.9. The molecule has 0 heterocycles. The molecule has 0 bridgehead atoms. The Balaban J connectivity index is 2.63. The van der Waals surface area contributed by atoms with Crippen LogP contribution in [0.15, 0.2) is 29.8 Å². The van der Waals surface area contributed by atoms with E-state index in [0.717, 1.165) is 18.5 Å². The molecule has 1 rings (SSSR count). The van der Waals surface area contributed by atoms with Gasteiger partial charge in [0.1, 0.15) is 11.6 Å². The number of nitrogens with zero attached hydrogens (tertiary/aromatic N) is 2. The number of hydrogen-bond donors (Lipinski definition) is 0. The summed E-state index contributed by atoms with van der Waals surface area (Å²) in [5.74, 6) is -1.47. The quantitative estimate of drug-likeness (QED) is 0.315. The van der Waals surface area contributed by atoms with Crippen molar-refractivity contribution < 1.29 is 19.1 Å². The van der Waals surface area contributed by atoms with E-state index in [4.69, 9.17) is 14.7 Å². The number of ether oxygens (including phenoxy) is 2. The summed E-state index contributed by atoms with van der Waals surface area (Å²) < 4.78 is 9.69. The molecule has 0 saturated heterocycles. The summed E-state index contributed by atoms with van der Waals surface area (Å²) in [6, 6.07) is 9.11. The number of unbranched alkanes of at least 4 members (excludes halogenated alkanes) is 1. The number of nitriles is 1. The maximum absolute atomic E-state index is 11.9. The molecule has 0 amide bonds. The highest BCUT2D eigenvalue weighted by Gasteiger charge is 2.13. The minimum absolute atomic E-state index is 0.172. The fraction of sp³-hybridized carbons (Fsp3) is 0.389. The van der Waals surface area contributed by atoms with Crippen LogP contribution in [0.1, 0.15) is 25.3 Å². The van der Waals surface area contributed by atoms with Crippen LogP contribution in [0.3, 0.4) is 0 Å². The highest BCUT2D eigenvalue weighted by atomic mass is 16.6. The minimum Gasteiger partial charge on any atom is -0.463 e. The van der Waals surface area contributed by atoms with Crippen LogP contribution in [0.2, 0.25) is 0 Å². The molecular weight excluding hydrogens is 308 g/mol. The van der Waals surface area contributed by atoms with Gasteiger partial charge < -0.3 is 14.4 Å². The van der Waals surface area contributed by atoms with E-state index in [9.17, 15) is 9.59 Å². The van der Waals surface area contributed by atoms with E-state index in [0.29, 0.717) is 12.2 Å². The van der Waals surface area contributed by atoms with Gasteiger partial charge in [-0.2, -0.15) is 5.26 Å². The van der Waals surface area contributed by atoms with Gasteiger partial charge >= 0.3 is 11.9 Å². The van der Waals surface area contributed by atoms with Crippen molar-refractivity contribution in [2.24, 2.45) is 0 Å². The molecule has 0 atom stereocenters. The topological polar surface area (TPSA) is 79.6 Å². The number of carbonyl (C=O) groups is 2. The number of hydrogen-bond acceptors (Lipinski definition) is 6. The van der Waals surface area contributed by atoms with Crippen LogP contribution in [-0.2, 0) is 19.1 Å². The molecular formula is C18H22N2O4. The molecule has 6 nitrogen and oxygen atoms in total. The number of anilines is 1. The summed E-state index contributed by atoms with van der Waals surface area (Å²) >= 11 is 0. The molecule has 0 saturated carbocycles. The van der Waals surface area contributed by atoms with Crippen molar-refractivity contribution in [1.82, 2.24) is 0 Å². The molecule has 0 aliphatic rings. The van der Waals surface area contributed by atoms with E-state index in [1.165, 1.54) is 6.08 Å². The Morgan fingerprint density at radius 1 is 1.21 bits per heavy atom. The Labute approximate surface area is 142 Å². The second-order valence-electron chi connectivity index (χ2n) is 5.31. The van der Waals surface area contributed by atoms with Crippen molar-refractivity contribution in [1.29, 1.82) is 5.26 Å². The average Bonchev–Trinajstić information content (AvgIpc) is 2.58. The molecule has 0 spiro atoms. The molecule has 24 heavy (non-hydrogen) atoms. The first-order valence-corrected chi connectivity index (χ1v) is 7.69. The Morgan fingerprint density at radius 3 is 2.42 bits per heavy atom. The van der Waals surface area contributed by atoms with Crippen LogP contribution in [0, 0.1) is 11.3 Å². The molecule has 0 unspecified atom stereocenters. The molecule has 128 valence electrons.